The van der Waals surface area contributed by atoms with Crippen LogP contribution in [-0.4, -0.2) is 56.3 Å². The minimum Gasteiger partial charge on any atom is -0.480 e. The maximum atomic E-state index is 15.0. The monoisotopic (exact) mass is 414 g/mol. The standard InChI is InChI=1S/C17H19FN2O7S/c1-24-8-26-12-4-3-11(15(18)16(12)27-9-25-2)17-20-10(7-28-17)5-13(21)19-6-14(22)23/h3-4,7H,5-6,8-9H2,1-2H3,(H,19,21)(H,22,23). The van der Waals surface area contributed by atoms with Crippen LogP contribution in [0, 0.1) is 5.82 Å². The van der Waals surface area contributed by atoms with E-state index in [1.807, 2.05) is 0 Å². The van der Waals surface area contributed by atoms with Gasteiger partial charge in [0.25, 0.3) is 0 Å². The predicted octanol–water partition coefficient (Wildman–Crippen LogP) is 1.66. The number of amides is 1. The fourth-order valence-corrected chi connectivity index (χ4v) is 2.94. The van der Waals surface area contributed by atoms with Gasteiger partial charge in [-0.15, -0.1) is 11.3 Å². The number of carbonyl (C=O) groups is 2. The highest BCUT2D eigenvalue weighted by atomic mass is 32.1. The number of halogens is 1. The number of nitrogens with zero attached hydrogens (tertiary/aromatic N) is 1. The normalized spacial score (nSPS) is 10.5. The molecule has 28 heavy (non-hydrogen) atoms. The van der Waals surface area contributed by atoms with Gasteiger partial charge in [0.2, 0.25) is 11.7 Å². The fourth-order valence-electron chi connectivity index (χ4n) is 2.11. The highest BCUT2D eigenvalue weighted by Gasteiger charge is 2.20. The van der Waals surface area contributed by atoms with Gasteiger partial charge >= 0.3 is 5.97 Å². The van der Waals surface area contributed by atoms with Crippen molar-refractivity contribution in [2.24, 2.45) is 0 Å². The Bertz CT molecular complexity index is 828. The zero-order valence-corrected chi connectivity index (χ0v) is 16.0. The van der Waals surface area contributed by atoms with Gasteiger partial charge in [0, 0.05) is 19.6 Å². The van der Waals surface area contributed by atoms with E-state index in [4.69, 9.17) is 24.1 Å². The number of ether oxygens (including phenoxy) is 4. The molecule has 0 unspecified atom stereocenters. The van der Waals surface area contributed by atoms with Crippen LogP contribution in [0.4, 0.5) is 4.39 Å². The first kappa shape index (κ1) is 21.5. The van der Waals surface area contributed by atoms with Crippen LogP contribution in [-0.2, 0) is 25.5 Å². The number of carboxylic acids is 1. The van der Waals surface area contributed by atoms with E-state index in [1.165, 1.54) is 26.4 Å². The summed E-state index contributed by atoms with van der Waals surface area (Å²) in [6.45, 7) is -0.751. The van der Waals surface area contributed by atoms with E-state index in [-0.39, 0.29) is 37.1 Å². The average Bonchev–Trinajstić information content (AvgIpc) is 3.12. The number of hydrogen-bond acceptors (Lipinski definition) is 8. The van der Waals surface area contributed by atoms with Crippen molar-refractivity contribution in [2.75, 3.05) is 34.4 Å². The molecule has 2 N–H and O–H groups in total. The third-order valence-electron chi connectivity index (χ3n) is 3.27. The Morgan fingerprint density at radius 2 is 1.93 bits per heavy atom. The van der Waals surface area contributed by atoms with Gasteiger partial charge in [-0.3, -0.25) is 9.59 Å². The van der Waals surface area contributed by atoms with Crippen LogP contribution in [0.5, 0.6) is 11.5 Å². The number of carbonyl (C=O) groups excluding carboxylic acids is 1. The third kappa shape index (κ3) is 5.87. The number of methoxy groups -OCH3 is 2. The van der Waals surface area contributed by atoms with Gasteiger partial charge in [-0.25, -0.2) is 9.37 Å². The molecule has 0 atom stereocenters. The van der Waals surface area contributed by atoms with E-state index >= 15 is 0 Å². The number of benzene rings is 1. The summed E-state index contributed by atoms with van der Waals surface area (Å²) < 4.78 is 35.2. The quantitative estimate of drug-likeness (QED) is 0.534. The average molecular weight is 414 g/mol. The first-order valence-corrected chi connectivity index (χ1v) is 8.83. The molecule has 1 aromatic heterocycles. The lowest BCUT2D eigenvalue weighted by atomic mass is 10.2. The fraction of sp³-hybridized carbons (Fsp3) is 0.353. The van der Waals surface area contributed by atoms with Crippen molar-refractivity contribution in [3.63, 3.8) is 0 Å². The maximum Gasteiger partial charge on any atom is 0.322 e. The van der Waals surface area contributed by atoms with Crippen molar-refractivity contribution in [3.8, 4) is 22.1 Å². The van der Waals surface area contributed by atoms with Crippen molar-refractivity contribution in [2.45, 2.75) is 6.42 Å². The molecule has 0 bridgehead atoms. The lowest BCUT2D eigenvalue weighted by Crippen LogP contribution is -2.30. The summed E-state index contributed by atoms with van der Waals surface area (Å²) in [6.07, 6.45) is -0.118. The van der Waals surface area contributed by atoms with Crippen LogP contribution in [0.15, 0.2) is 17.5 Å². The Hall–Kier alpha value is -2.76. The number of nitrogens with one attached hydrogen (secondary N) is 1. The van der Waals surface area contributed by atoms with E-state index < -0.39 is 24.2 Å². The Morgan fingerprint density at radius 3 is 2.61 bits per heavy atom. The molecule has 0 saturated heterocycles. The summed E-state index contributed by atoms with van der Waals surface area (Å²) in [5.74, 6) is -2.33. The van der Waals surface area contributed by atoms with Crippen LogP contribution >= 0.6 is 11.3 Å². The summed E-state index contributed by atoms with van der Waals surface area (Å²) in [5, 5.41) is 12.7. The second-order valence-electron chi connectivity index (χ2n) is 5.35. The molecule has 0 saturated carbocycles. The number of aromatic nitrogens is 1. The van der Waals surface area contributed by atoms with Gasteiger partial charge < -0.3 is 29.4 Å². The molecule has 0 radical (unpaired) electrons. The number of rotatable bonds is 11. The van der Waals surface area contributed by atoms with E-state index in [2.05, 4.69) is 10.3 Å². The molecule has 0 aliphatic heterocycles. The van der Waals surface area contributed by atoms with E-state index in [0.717, 1.165) is 11.3 Å². The summed E-state index contributed by atoms with van der Waals surface area (Å²) in [5.41, 5.74) is 0.555. The number of aliphatic carboxylic acids is 1. The van der Waals surface area contributed by atoms with Gasteiger partial charge in [-0.2, -0.15) is 0 Å². The molecule has 152 valence electrons. The number of carboxylic acid groups (broad SMARTS) is 1. The Kier molecular flexibility index (Phi) is 8.11. The minimum absolute atomic E-state index is 0.0883. The molecule has 2 aromatic rings. The summed E-state index contributed by atoms with van der Waals surface area (Å²) in [6, 6.07) is 3.00. The van der Waals surface area contributed by atoms with E-state index in [9.17, 15) is 14.0 Å². The number of hydrogen-bond donors (Lipinski definition) is 2. The molecule has 11 heteroatoms. The van der Waals surface area contributed by atoms with E-state index in [1.54, 1.807) is 5.38 Å². The summed E-state index contributed by atoms with van der Waals surface area (Å²) in [7, 11) is 2.84. The van der Waals surface area contributed by atoms with Crippen LogP contribution in [0.25, 0.3) is 10.6 Å². The van der Waals surface area contributed by atoms with Crippen LogP contribution in [0.2, 0.25) is 0 Å². The first-order valence-electron chi connectivity index (χ1n) is 7.95. The van der Waals surface area contributed by atoms with Crippen molar-refractivity contribution in [1.29, 1.82) is 0 Å². The molecule has 0 spiro atoms. The van der Waals surface area contributed by atoms with Crippen LogP contribution in [0.1, 0.15) is 5.69 Å². The van der Waals surface area contributed by atoms with Crippen molar-refractivity contribution < 1.29 is 38.0 Å². The molecule has 0 aliphatic rings. The largest absolute Gasteiger partial charge is 0.480 e. The molecular formula is C17H19FN2O7S. The predicted molar refractivity (Wildman–Crippen MR) is 96.9 cm³/mol. The topological polar surface area (TPSA) is 116 Å². The highest BCUT2D eigenvalue weighted by Crippen LogP contribution is 2.38. The molecule has 2 rings (SSSR count). The van der Waals surface area contributed by atoms with Crippen LogP contribution in [0.3, 0.4) is 0 Å². The lowest BCUT2D eigenvalue weighted by Gasteiger charge is -2.14. The smallest absolute Gasteiger partial charge is 0.322 e. The molecule has 0 aliphatic carbocycles. The molecule has 9 nitrogen and oxygen atoms in total. The molecular weight excluding hydrogens is 395 g/mol. The molecule has 1 heterocycles. The van der Waals surface area contributed by atoms with Crippen molar-refractivity contribution >= 4 is 23.2 Å². The number of thiazole rings is 1. The highest BCUT2D eigenvalue weighted by molar-refractivity contribution is 7.13. The van der Waals surface area contributed by atoms with Gasteiger partial charge in [0.1, 0.15) is 11.6 Å². The molecule has 1 amide bonds. The Labute approximate surface area is 164 Å². The molecule has 0 fully saturated rings. The van der Waals surface area contributed by atoms with Gasteiger partial charge in [0.05, 0.1) is 17.7 Å². The van der Waals surface area contributed by atoms with Gasteiger partial charge in [-0.1, -0.05) is 0 Å². The van der Waals surface area contributed by atoms with Gasteiger partial charge in [-0.05, 0) is 12.1 Å². The lowest BCUT2D eigenvalue weighted by molar-refractivity contribution is -0.137. The second kappa shape index (κ2) is 10.5. The van der Waals surface area contributed by atoms with Crippen LogP contribution < -0.4 is 14.8 Å². The van der Waals surface area contributed by atoms with Crippen molar-refractivity contribution in [3.05, 3.63) is 29.0 Å². The van der Waals surface area contributed by atoms with Gasteiger partial charge in [0.15, 0.2) is 25.2 Å². The Morgan fingerprint density at radius 1 is 1.21 bits per heavy atom. The molecule has 1 aromatic carbocycles. The van der Waals surface area contributed by atoms with E-state index in [0.29, 0.717) is 10.7 Å². The minimum atomic E-state index is -1.14. The third-order valence-corrected chi connectivity index (χ3v) is 4.20. The van der Waals surface area contributed by atoms with Crippen molar-refractivity contribution in [1.82, 2.24) is 10.3 Å². The Balaban J connectivity index is 2.21. The zero-order valence-electron chi connectivity index (χ0n) is 15.2. The zero-order chi connectivity index (χ0) is 20.5. The maximum absolute atomic E-state index is 15.0. The SMILES string of the molecule is COCOc1ccc(-c2nc(CC(=O)NCC(=O)O)cs2)c(F)c1OCOC. The first-order chi connectivity index (χ1) is 13.5. The summed E-state index contributed by atoms with van der Waals surface area (Å²) in [4.78, 5) is 26.4. The summed E-state index contributed by atoms with van der Waals surface area (Å²) >= 11 is 1.14. The second-order valence-corrected chi connectivity index (χ2v) is 6.21.